The molecule has 0 aliphatic carbocycles. The molecule has 0 fully saturated rings. The van der Waals surface area contributed by atoms with Crippen LogP contribution >= 0.6 is 28.3 Å². The van der Waals surface area contributed by atoms with Gasteiger partial charge in [-0.3, -0.25) is 0 Å². The average Bonchev–Trinajstić information content (AvgIpc) is 3.35. The molecule has 0 saturated carbocycles. The lowest BCUT2D eigenvalue weighted by molar-refractivity contribution is 0.0597. The summed E-state index contributed by atoms with van der Waals surface area (Å²) < 4.78 is 4.70. The Morgan fingerprint density at radius 2 is 2.10 bits per heavy atom. The van der Waals surface area contributed by atoms with Crippen molar-refractivity contribution in [1.29, 1.82) is 0 Å². The maximum absolute atomic E-state index is 11.8. The van der Waals surface area contributed by atoms with Crippen molar-refractivity contribution in [3.63, 3.8) is 0 Å². The van der Waals surface area contributed by atoms with Crippen LogP contribution < -0.4 is 5.32 Å². The van der Waals surface area contributed by atoms with Crippen molar-refractivity contribution in [2.75, 3.05) is 19.0 Å². The maximum atomic E-state index is 11.8. The first-order chi connectivity index (χ1) is 13.7. The third kappa shape index (κ3) is 4.44. The number of nitrogens with one attached hydrogen (secondary N) is 2. The molecule has 0 amide bonds. The first-order valence-electron chi connectivity index (χ1n) is 8.82. The number of carbonyl (C=O) groups excluding carboxylic acids is 1. The molecule has 150 valence electrons. The Hall–Kier alpha value is -2.84. The van der Waals surface area contributed by atoms with Crippen LogP contribution in [0, 0.1) is 0 Å². The molecule has 3 N–H and O–H groups in total. The van der Waals surface area contributed by atoms with Crippen LogP contribution in [-0.4, -0.2) is 34.7 Å². The van der Waals surface area contributed by atoms with Crippen LogP contribution in [0.25, 0.3) is 22.2 Å². The van der Waals surface area contributed by atoms with E-state index in [1.807, 2.05) is 23.7 Å². The molecule has 0 radical (unpaired) electrons. The molecule has 2 aromatic carbocycles. The summed E-state index contributed by atoms with van der Waals surface area (Å²) in [4.78, 5) is 19.6. The molecule has 29 heavy (non-hydrogen) atoms. The molecule has 0 saturated heterocycles. The fourth-order valence-corrected chi connectivity index (χ4v) is 3.85. The predicted octanol–water partition coefficient (Wildman–Crippen LogP) is 5.02. The second-order valence-corrected chi connectivity index (χ2v) is 7.16. The van der Waals surface area contributed by atoms with Gasteiger partial charge in [0.15, 0.2) is 5.13 Å². The zero-order chi connectivity index (χ0) is 19.5. The first-order valence-corrected chi connectivity index (χ1v) is 9.70. The summed E-state index contributed by atoms with van der Waals surface area (Å²) in [6.07, 6.45) is 2.93. The van der Waals surface area contributed by atoms with Gasteiger partial charge in [0.25, 0.3) is 0 Å². The van der Waals surface area contributed by atoms with Crippen molar-refractivity contribution in [1.82, 2.24) is 9.97 Å². The quantitative estimate of drug-likeness (QED) is 0.342. The van der Waals surface area contributed by atoms with Gasteiger partial charge in [-0.25, -0.2) is 9.78 Å². The number of halogens is 1. The van der Waals surface area contributed by atoms with Gasteiger partial charge in [0.2, 0.25) is 0 Å². The molecule has 0 bridgehead atoms. The number of benzene rings is 2. The van der Waals surface area contributed by atoms with Crippen molar-refractivity contribution >= 4 is 50.3 Å². The van der Waals surface area contributed by atoms with E-state index in [0.29, 0.717) is 0 Å². The number of anilines is 1. The van der Waals surface area contributed by atoms with Crippen LogP contribution in [-0.2, 0) is 11.2 Å². The number of fused-ring (bicyclic) bond motifs is 1. The number of ether oxygens (including phenoxy) is 1. The zero-order valence-corrected chi connectivity index (χ0v) is 18.2. The number of phenolic OH excluding ortho intramolecular Hbond substituents is 1. The third-order valence-electron chi connectivity index (χ3n) is 4.55. The number of aromatic amines is 1. The predicted molar refractivity (Wildman–Crippen MR) is 121 cm³/mol. The number of para-hydroxylation sites is 1. The number of aromatic hydroxyl groups is 1. The molecule has 2 heterocycles. The average molecular weight is 474 g/mol. The van der Waals surface area contributed by atoms with Crippen LogP contribution in [0.4, 0.5) is 5.13 Å². The van der Waals surface area contributed by atoms with E-state index in [1.165, 1.54) is 35.5 Å². The number of thiazole rings is 1. The van der Waals surface area contributed by atoms with Gasteiger partial charge in [0.1, 0.15) is 11.3 Å². The summed E-state index contributed by atoms with van der Waals surface area (Å²) >= 11 is 1.50. The summed E-state index contributed by atoms with van der Waals surface area (Å²) in [5, 5.41) is 17.2. The van der Waals surface area contributed by atoms with E-state index in [9.17, 15) is 9.90 Å². The van der Waals surface area contributed by atoms with E-state index in [0.717, 1.165) is 34.9 Å². The summed E-state index contributed by atoms with van der Waals surface area (Å²) in [7, 11) is 1.28. The number of phenols is 1. The van der Waals surface area contributed by atoms with Gasteiger partial charge in [-0.05, 0) is 36.2 Å². The highest BCUT2D eigenvalue weighted by molar-refractivity contribution is 8.93. The first kappa shape index (κ1) is 20.9. The number of esters is 1. The van der Waals surface area contributed by atoms with E-state index in [1.54, 1.807) is 12.1 Å². The van der Waals surface area contributed by atoms with Crippen LogP contribution in [0.5, 0.6) is 5.75 Å². The second kappa shape index (κ2) is 9.11. The fourth-order valence-electron chi connectivity index (χ4n) is 3.10. The van der Waals surface area contributed by atoms with Gasteiger partial charge in [0.05, 0.1) is 12.8 Å². The van der Waals surface area contributed by atoms with Crippen molar-refractivity contribution < 1.29 is 14.6 Å². The Bertz CT molecular complexity index is 1140. The Balaban J connectivity index is 0.00000240. The maximum Gasteiger partial charge on any atom is 0.341 e. The van der Waals surface area contributed by atoms with Crippen LogP contribution in [0.3, 0.4) is 0 Å². The lowest BCUT2D eigenvalue weighted by atomic mass is 10.1. The Labute approximate surface area is 182 Å². The van der Waals surface area contributed by atoms with E-state index in [4.69, 9.17) is 4.74 Å². The zero-order valence-electron chi connectivity index (χ0n) is 15.6. The monoisotopic (exact) mass is 473 g/mol. The number of methoxy groups -OCH3 is 1. The molecule has 0 aliphatic rings. The summed E-state index contributed by atoms with van der Waals surface area (Å²) in [6, 6.07) is 13.0. The van der Waals surface area contributed by atoms with Gasteiger partial charge >= 0.3 is 5.97 Å². The number of hydrogen-bond acceptors (Lipinski definition) is 6. The van der Waals surface area contributed by atoms with Gasteiger partial charge in [-0.2, -0.15) is 0 Å². The molecular weight excluding hydrogens is 454 g/mol. The van der Waals surface area contributed by atoms with Gasteiger partial charge in [-0.15, -0.1) is 28.3 Å². The van der Waals surface area contributed by atoms with E-state index in [-0.39, 0.29) is 28.3 Å². The Morgan fingerprint density at radius 1 is 1.28 bits per heavy atom. The lowest BCUT2D eigenvalue weighted by Crippen LogP contribution is -2.04. The van der Waals surface area contributed by atoms with Gasteiger partial charge < -0.3 is 20.1 Å². The molecule has 0 spiro atoms. The molecule has 0 atom stereocenters. The number of nitrogens with zero attached hydrogens (tertiary/aromatic N) is 1. The molecular formula is C21H20BrN3O3S. The molecule has 4 aromatic rings. The Morgan fingerprint density at radius 3 is 2.93 bits per heavy atom. The number of rotatable bonds is 6. The smallest absolute Gasteiger partial charge is 0.341 e. The van der Waals surface area contributed by atoms with Gasteiger partial charge in [-0.1, -0.05) is 18.2 Å². The fraction of sp³-hybridized carbons (Fsp3) is 0.143. The minimum Gasteiger partial charge on any atom is -0.507 e. The van der Waals surface area contributed by atoms with Crippen molar-refractivity contribution in [2.24, 2.45) is 0 Å². The molecule has 4 rings (SSSR count). The highest BCUT2D eigenvalue weighted by Gasteiger charge is 2.14. The normalized spacial score (nSPS) is 10.5. The van der Waals surface area contributed by atoms with E-state index < -0.39 is 5.97 Å². The molecule has 8 heteroatoms. The number of aromatic nitrogens is 2. The van der Waals surface area contributed by atoms with Crippen LogP contribution in [0.15, 0.2) is 54.0 Å². The summed E-state index contributed by atoms with van der Waals surface area (Å²) in [5.74, 6) is -0.686. The third-order valence-corrected chi connectivity index (χ3v) is 5.35. The SMILES string of the molecule is Br.COC(=O)c1cc(-c2csc(NCCc3c[nH]c4ccccc34)n2)ccc1O. The Kier molecular flexibility index (Phi) is 6.56. The van der Waals surface area contributed by atoms with E-state index in [2.05, 4.69) is 27.4 Å². The van der Waals surface area contributed by atoms with E-state index >= 15 is 0 Å². The standard InChI is InChI=1S/C21H19N3O3S.BrH/c1-27-20(26)16-10-13(6-7-19(16)25)18-12-28-21(24-18)22-9-8-14-11-23-17-5-3-2-4-15(14)17;/h2-7,10-12,23,25H,8-9H2,1H3,(H,22,24);1H. The largest absolute Gasteiger partial charge is 0.507 e. The van der Waals surface area contributed by atoms with Crippen molar-refractivity contribution in [3.8, 4) is 17.0 Å². The number of carbonyl (C=O) groups is 1. The highest BCUT2D eigenvalue weighted by Crippen LogP contribution is 2.29. The molecule has 0 aliphatic heterocycles. The van der Waals surface area contributed by atoms with Crippen molar-refractivity contribution in [2.45, 2.75) is 6.42 Å². The number of H-pyrrole nitrogens is 1. The van der Waals surface area contributed by atoms with Crippen molar-refractivity contribution in [3.05, 3.63) is 65.2 Å². The topological polar surface area (TPSA) is 87.2 Å². The minimum absolute atomic E-state index is 0. The lowest BCUT2D eigenvalue weighted by Gasteiger charge is -2.05. The summed E-state index contributed by atoms with van der Waals surface area (Å²) in [6.45, 7) is 0.762. The highest BCUT2D eigenvalue weighted by atomic mass is 79.9. The second-order valence-electron chi connectivity index (χ2n) is 6.30. The molecule has 2 aromatic heterocycles. The summed E-state index contributed by atoms with van der Waals surface area (Å²) in [5.41, 5.74) is 4.02. The molecule has 0 unspecified atom stereocenters. The van der Waals surface area contributed by atoms with Crippen LogP contribution in [0.2, 0.25) is 0 Å². The van der Waals surface area contributed by atoms with Crippen LogP contribution in [0.1, 0.15) is 15.9 Å². The van der Waals surface area contributed by atoms with Gasteiger partial charge in [0, 0.05) is 34.6 Å². The number of hydrogen-bond donors (Lipinski definition) is 3. The minimum atomic E-state index is -0.577. The molecule has 6 nitrogen and oxygen atoms in total.